The first-order chi connectivity index (χ1) is 7.66. The summed E-state index contributed by atoms with van der Waals surface area (Å²) in [6.07, 6.45) is 1.24. The molecule has 1 atom stereocenters. The Labute approximate surface area is 94.6 Å². The van der Waals surface area contributed by atoms with E-state index in [4.69, 9.17) is 5.73 Å². The Hall–Kier alpha value is -1.84. The second-order valence-corrected chi connectivity index (χ2v) is 4.00. The van der Waals surface area contributed by atoms with Crippen molar-refractivity contribution in [2.24, 2.45) is 10.7 Å². The van der Waals surface area contributed by atoms with Gasteiger partial charge in [-0.1, -0.05) is 37.3 Å². The lowest BCUT2D eigenvalue weighted by Crippen LogP contribution is -2.41. The minimum absolute atomic E-state index is 0.101. The molecule has 1 amide bonds. The molecule has 3 N–H and O–H groups in total. The van der Waals surface area contributed by atoms with Crippen LogP contribution in [0.3, 0.4) is 0 Å². The Morgan fingerprint density at radius 3 is 2.56 bits per heavy atom. The van der Waals surface area contributed by atoms with Crippen LogP contribution in [0.2, 0.25) is 0 Å². The minimum Gasteiger partial charge on any atom is -0.370 e. The van der Waals surface area contributed by atoms with Crippen LogP contribution < -0.4 is 11.1 Å². The Morgan fingerprint density at radius 1 is 1.38 bits per heavy atom. The monoisotopic (exact) mass is 217 g/mol. The molecule has 0 saturated carbocycles. The lowest BCUT2D eigenvalue weighted by atomic mass is 9.89. The van der Waals surface area contributed by atoms with Crippen LogP contribution >= 0.6 is 0 Å². The highest BCUT2D eigenvalue weighted by molar-refractivity contribution is 6.06. The second-order valence-electron chi connectivity index (χ2n) is 4.00. The number of nitrogens with zero attached hydrogens (tertiary/aromatic N) is 1. The summed E-state index contributed by atoms with van der Waals surface area (Å²) >= 11 is 0. The first-order valence-electron chi connectivity index (χ1n) is 5.37. The van der Waals surface area contributed by atoms with E-state index in [1.54, 1.807) is 0 Å². The van der Waals surface area contributed by atoms with Crippen molar-refractivity contribution in [2.75, 3.05) is 0 Å². The first kappa shape index (κ1) is 10.7. The average molecular weight is 217 g/mol. The number of benzene rings is 1. The zero-order valence-electron chi connectivity index (χ0n) is 9.23. The molecule has 1 aliphatic heterocycles. The van der Waals surface area contributed by atoms with Gasteiger partial charge < -0.3 is 5.73 Å². The van der Waals surface area contributed by atoms with Gasteiger partial charge in [0.05, 0.1) is 0 Å². The quantitative estimate of drug-likeness (QED) is 0.787. The average Bonchev–Trinajstić information content (AvgIpc) is 2.56. The highest BCUT2D eigenvalue weighted by atomic mass is 16.2. The van der Waals surface area contributed by atoms with Gasteiger partial charge in [-0.05, 0) is 12.0 Å². The van der Waals surface area contributed by atoms with Crippen molar-refractivity contribution in [1.29, 1.82) is 0 Å². The molecule has 0 spiro atoms. The molecule has 1 unspecified atom stereocenters. The summed E-state index contributed by atoms with van der Waals surface area (Å²) in [6, 6.07) is 9.86. The molecule has 0 radical (unpaired) electrons. The van der Waals surface area contributed by atoms with Crippen LogP contribution in [0.4, 0.5) is 0 Å². The van der Waals surface area contributed by atoms with Crippen molar-refractivity contribution in [3.05, 3.63) is 35.9 Å². The third kappa shape index (κ3) is 1.78. The molecule has 0 fully saturated rings. The highest BCUT2D eigenvalue weighted by Crippen LogP contribution is 2.25. The Morgan fingerprint density at radius 2 is 2.06 bits per heavy atom. The molecule has 0 aromatic heterocycles. The predicted octanol–water partition coefficient (Wildman–Crippen LogP) is 0.822. The topological polar surface area (TPSA) is 67.5 Å². The Kier molecular flexibility index (Phi) is 2.64. The molecule has 4 heteroatoms. The lowest BCUT2D eigenvalue weighted by Gasteiger charge is -2.21. The van der Waals surface area contributed by atoms with E-state index in [2.05, 4.69) is 10.3 Å². The van der Waals surface area contributed by atoms with Crippen LogP contribution in [0.1, 0.15) is 18.9 Å². The number of hydrogen-bond donors (Lipinski definition) is 2. The van der Waals surface area contributed by atoms with Crippen molar-refractivity contribution in [2.45, 2.75) is 25.3 Å². The molecular formula is C12H15N3O. The van der Waals surface area contributed by atoms with Crippen molar-refractivity contribution in [3.63, 3.8) is 0 Å². The molecule has 1 heterocycles. The predicted molar refractivity (Wildman–Crippen MR) is 62.9 cm³/mol. The molecule has 16 heavy (non-hydrogen) atoms. The Bertz CT molecular complexity index is 427. The number of hydrogen-bond acceptors (Lipinski definition) is 3. The fourth-order valence-corrected chi connectivity index (χ4v) is 1.96. The maximum Gasteiger partial charge on any atom is 0.255 e. The number of aliphatic imine (C=N–C) groups is 1. The zero-order valence-corrected chi connectivity index (χ0v) is 9.23. The third-order valence-corrected chi connectivity index (χ3v) is 2.92. The van der Waals surface area contributed by atoms with Crippen LogP contribution in [-0.4, -0.2) is 17.4 Å². The summed E-state index contributed by atoms with van der Waals surface area (Å²) in [6.45, 7) is 1.95. The number of carbonyl (C=O) groups excluding carboxylic acids is 1. The summed E-state index contributed by atoms with van der Waals surface area (Å²) in [7, 11) is 0. The Balaban J connectivity index is 2.27. The second kappa shape index (κ2) is 3.96. The van der Waals surface area contributed by atoms with Gasteiger partial charge in [-0.15, -0.1) is 0 Å². The summed E-state index contributed by atoms with van der Waals surface area (Å²) in [5.41, 5.74) is 5.93. The van der Waals surface area contributed by atoms with Gasteiger partial charge in [0, 0.05) is 6.42 Å². The maximum atomic E-state index is 11.8. The fourth-order valence-electron chi connectivity index (χ4n) is 1.96. The summed E-state index contributed by atoms with van der Waals surface area (Å²) in [4.78, 5) is 16.1. The fraction of sp³-hybridized carbons (Fsp3) is 0.333. The molecule has 1 aromatic carbocycles. The summed E-state index contributed by atoms with van der Waals surface area (Å²) in [5.74, 6) is 0.124. The number of carbonyl (C=O) groups is 1. The molecule has 0 bridgehead atoms. The molecule has 2 rings (SSSR count). The molecular weight excluding hydrogens is 202 g/mol. The smallest absolute Gasteiger partial charge is 0.255 e. The number of guanidine groups is 1. The SMILES string of the molecule is CCC1(Cc2ccccc2)N=C(N)NC1=O. The van der Waals surface area contributed by atoms with E-state index in [0.717, 1.165) is 5.56 Å². The largest absolute Gasteiger partial charge is 0.370 e. The van der Waals surface area contributed by atoms with Gasteiger partial charge in [0.1, 0.15) is 5.54 Å². The number of nitrogens with one attached hydrogen (secondary N) is 1. The van der Waals surface area contributed by atoms with Gasteiger partial charge >= 0.3 is 0 Å². The van der Waals surface area contributed by atoms with Crippen LogP contribution in [0, 0.1) is 0 Å². The van der Waals surface area contributed by atoms with E-state index in [1.807, 2.05) is 37.3 Å². The molecule has 1 aliphatic rings. The van der Waals surface area contributed by atoms with E-state index in [9.17, 15) is 4.79 Å². The molecule has 4 nitrogen and oxygen atoms in total. The molecule has 0 saturated heterocycles. The van der Waals surface area contributed by atoms with Gasteiger partial charge in [-0.2, -0.15) is 0 Å². The zero-order chi connectivity index (χ0) is 11.6. The molecule has 84 valence electrons. The van der Waals surface area contributed by atoms with E-state index < -0.39 is 5.54 Å². The number of rotatable bonds is 3. The molecule has 1 aromatic rings. The van der Waals surface area contributed by atoms with Gasteiger partial charge in [0.15, 0.2) is 5.96 Å². The van der Waals surface area contributed by atoms with E-state index in [1.165, 1.54) is 0 Å². The summed E-state index contributed by atoms with van der Waals surface area (Å²) < 4.78 is 0. The van der Waals surface area contributed by atoms with Gasteiger partial charge in [0.25, 0.3) is 5.91 Å². The van der Waals surface area contributed by atoms with Crippen molar-refractivity contribution >= 4 is 11.9 Å². The van der Waals surface area contributed by atoms with Gasteiger partial charge in [-0.3, -0.25) is 10.1 Å². The van der Waals surface area contributed by atoms with Crippen LogP contribution in [0.25, 0.3) is 0 Å². The van der Waals surface area contributed by atoms with Crippen molar-refractivity contribution in [1.82, 2.24) is 5.32 Å². The van der Waals surface area contributed by atoms with Gasteiger partial charge in [-0.25, -0.2) is 4.99 Å². The first-order valence-corrected chi connectivity index (χ1v) is 5.37. The minimum atomic E-state index is -0.717. The van der Waals surface area contributed by atoms with Crippen LogP contribution in [0.15, 0.2) is 35.3 Å². The highest BCUT2D eigenvalue weighted by Gasteiger charge is 2.41. The summed E-state index contributed by atoms with van der Waals surface area (Å²) in [5, 5.41) is 2.57. The van der Waals surface area contributed by atoms with E-state index in [0.29, 0.717) is 12.8 Å². The molecule has 0 aliphatic carbocycles. The van der Waals surface area contributed by atoms with Crippen molar-refractivity contribution in [3.8, 4) is 0 Å². The lowest BCUT2D eigenvalue weighted by molar-refractivity contribution is -0.123. The third-order valence-electron chi connectivity index (χ3n) is 2.92. The normalized spacial score (nSPS) is 24.1. The standard InChI is InChI=1S/C12H15N3O/c1-2-12(10(16)14-11(13)15-12)8-9-6-4-3-5-7-9/h3-7H,2,8H2,1H3,(H3,13,14,15,16). The van der Waals surface area contributed by atoms with Crippen LogP contribution in [-0.2, 0) is 11.2 Å². The number of nitrogens with two attached hydrogens (primary N) is 1. The number of amides is 1. The van der Waals surface area contributed by atoms with Crippen LogP contribution in [0.5, 0.6) is 0 Å². The van der Waals surface area contributed by atoms with Crippen molar-refractivity contribution < 1.29 is 4.79 Å². The maximum absolute atomic E-state index is 11.8. The van der Waals surface area contributed by atoms with E-state index >= 15 is 0 Å². The van der Waals surface area contributed by atoms with E-state index in [-0.39, 0.29) is 11.9 Å². The van der Waals surface area contributed by atoms with Gasteiger partial charge in [0.2, 0.25) is 0 Å².